The second-order valence-corrected chi connectivity index (χ2v) is 6.51. The van der Waals surface area contributed by atoms with Crippen LogP contribution in [-0.2, 0) is 27.3 Å². The molecule has 2 aromatic rings. The lowest BCUT2D eigenvalue weighted by atomic mass is 10.1. The van der Waals surface area contributed by atoms with E-state index in [9.17, 15) is 9.59 Å². The maximum Gasteiger partial charge on any atom is 0.332 e. The fourth-order valence-corrected chi connectivity index (χ4v) is 3.18. The van der Waals surface area contributed by atoms with Gasteiger partial charge in [0, 0.05) is 13.1 Å². The topological polar surface area (TPSA) is 66.8 Å². The molecule has 3 rings (SSSR count). The Hall–Kier alpha value is -2.66. The van der Waals surface area contributed by atoms with Gasteiger partial charge in [-0.1, -0.05) is 60.7 Å². The number of hydrogen-bond donors (Lipinski definition) is 1. The van der Waals surface area contributed by atoms with Crippen LogP contribution in [0.3, 0.4) is 0 Å². The average Bonchev–Trinajstić information content (AvgIpc) is 3.17. The Labute approximate surface area is 153 Å². The zero-order valence-electron chi connectivity index (χ0n) is 14.6. The van der Waals surface area contributed by atoms with Crippen LogP contribution in [0.4, 0.5) is 0 Å². The van der Waals surface area contributed by atoms with E-state index >= 15 is 0 Å². The quantitative estimate of drug-likeness (QED) is 0.831. The fourth-order valence-electron chi connectivity index (χ4n) is 3.18. The number of carbonyl (C=O) groups is 2. The van der Waals surface area contributed by atoms with Gasteiger partial charge in [-0.15, -0.1) is 0 Å². The molecule has 136 valence electrons. The van der Waals surface area contributed by atoms with Crippen LogP contribution in [0.1, 0.15) is 24.0 Å². The van der Waals surface area contributed by atoms with E-state index in [-0.39, 0.29) is 5.91 Å². The Balaban J connectivity index is 1.69. The van der Waals surface area contributed by atoms with Gasteiger partial charge in [0.15, 0.2) is 6.10 Å². The molecule has 0 aromatic heterocycles. The van der Waals surface area contributed by atoms with E-state index in [4.69, 9.17) is 9.84 Å². The zero-order valence-corrected chi connectivity index (χ0v) is 14.6. The summed E-state index contributed by atoms with van der Waals surface area (Å²) < 4.78 is 5.46. The molecule has 0 aliphatic carbocycles. The molecule has 1 aliphatic heterocycles. The SMILES string of the molecule is O=C(O)C1CCC(C(=O)N(CCc2ccccc2)Cc2ccccc2)O1. The summed E-state index contributed by atoms with van der Waals surface area (Å²) in [5.74, 6) is -1.13. The molecule has 1 fully saturated rings. The van der Waals surface area contributed by atoms with Gasteiger partial charge in [0.2, 0.25) is 0 Å². The molecule has 1 N–H and O–H groups in total. The van der Waals surface area contributed by atoms with Gasteiger partial charge in [0.1, 0.15) is 6.10 Å². The summed E-state index contributed by atoms with van der Waals surface area (Å²) in [6, 6.07) is 19.8. The largest absolute Gasteiger partial charge is 0.479 e. The summed E-state index contributed by atoms with van der Waals surface area (Å²) in [5.41, 5.74) is 2.20. The van der Waals surface area contributed by atoms with Gasteiger partial charge in [-0.25, -0.2) is 4.79 Å². The van der Waals surface area contributed by atoms with E-state index in [0.717, 1.165) is 17.5 Å². The number of carboxylic acid groups (broad SMARTS) is 1. The summed E-state index contributed by atoms with van der Waals surface area (Å²) in [5, 5.41) is 9.09. The van der Waals surface area contributed by atoms with Crippen molar-refractivity contribution in [3.05, 3.63) is 71.8 Å². The van der Waals surface area contributed by atoms with Crippen molar-refractivity contribution in [1.82, 2.24) is 4.90 Å². The number of amides is 1. The number of nitrogens with zero attached hydrogens (tertiary/aromatic N) is 1. The summed E-state index contributed by atoms with van der Waals surface area (Å²) >= 11 is 0. The molecular formula is C21H23NO4. The molecule has 5 nitrogen and oxygen atoms in total. The standard InChI is InChI=1S/C21H23NO4/c23-20(18-11-12-19(26-18)21(24)25)22(15-17-9-5-2-6-10-17)14-13-16-7-3-1-4-8-16/h1-10,18-19H,11-15H2,(H,24,25). The van der Waals surface area contributed by atoms with Gasteiger partial charge in [-0.2, -0.15) is 0 Å². The lowest BCUT2D eigenvalue weighted by Crippen LogP contribution is -2.40. The van der Waals surface area contributed by atoms with Crippen LogP contribution in [0.2, 0.25) is 0 Å². The predicted molar refractivity (Wildman–Crippen MR) is 97.5 cm³/mol. The van der Waals surface area contributed by atoms with Crippen LogP contribution in [0, 0.1) is 0 Å². The fraction of sp³-hybridized carbons (Fsp3) is 0.333. The van der Waals surface area contributed by atoms with Gasteiger partial charge < -0.3 is 14.7 Å². The van der Waals surface area contributed by atoms with E-state index in [0.29, 0.717) is 25.9 Å². The summed E-state index contributed by atoms with van der Waals surface area (Å²) in [4.78, 5) is 25.8. The number of hydrogen-bond acceptors (Lipinski definition) is 3. The van der Waals surface area contributed by atoms with Gasteiger partial charge in [-0.3, -0.25) is 4.79 Å². The first kappa shape index (κ1) is 18.1. The van der Waals surface area contributed by atoms with Gasteiger partial charge >= 0.3 is 5.97 Å². The minimum atomic E-state index is -1.00. The van der Waals surface area contributed by atoms with Crippen LogP contribution in [0.25, 0.3) is 0 Å². The lowest BCUT2D eigenvalue weighted by molar-refractivity contribution is -0.155. The van der Waals surface area contributed by atoms with Crippen molar-refractivity contribution in [2.75, 3.05) is 6.54 Å². The third-order valence-electron chi connectivity index (χ3n) is 4.61. The Morgan fingerprint density at radius 1 is 0.923 bits per heavy atom. The van der Waals surface area contributed by atoms with E-state index < -0.39 is 18.2 Å². The highest BCUT2D eigenvalue weighted by atomic mass is 16.5. The molecule has 1 saturated heterocycles. The number of rotatable bonds is 7. The predicted octanol–water partition coefficient (Wildman–Crippen LogP) is 2.89. The third-order valence-corrected chi connectivity index (χ3v) is 4.61. The molecule has 1 aliphatic rings. The highest BCUT2D eigenvalue weighted by Gasteiger charge is 2.36. The lowest BCUT2D eigenvalue weighted by Gasteiger charge is -2.26. The van der Waals surface area contributed by atoms with Crippen LogP contribution in [0.5, 0.6) is 0 Å². The molecule has 2 atom stereocenters. The highest BCUT2D eigenvalue weighted by molar-refractivity contribution is 5.82. The summed E-state index contributed by atoms with van der Waals surface area (Å²) in [6.07, 6.45) is 0.0251. The Kier molecular flexibility index (Phi) is 6.02. The molecule has 5 heteroatoms. The number of carbonyl (C=O) groups excluding carboxylic acids is 1. The van der Waals surface area contributed by atoms with E-state index in [2.05, 4.69) is 0 Å². The van der Waals surface area contributed by atoms with Crippen molar-refractivity contribution in [3.8, 4) is 0 Å². The Morgan fingerprint density at radius 3 is 2.08 bits per heavy atom. The molecule has 1 amide bonds. The molecule has 26 heavy (non-hydrogen) atoms. The normalized spacial score (nSPS) is 19.2. The van der Waals surface area contributed by atoms with E-state index in [1.54, 1.807) is 4.90 Å². The number of aliphatic carboxylic acids is 1. The second-order valence-electron chi connectivity index (χ2n) is 6.51. The van der Waals surface area contributed by atoms with Gasteiger partial charge in [0.25, 0.3) is 5.91 Å². The van der Waals surface area contributed by atoms with Gasteiger partial charge in [0.05, 0.1) is 0 Å². The number of ether oxygens (including phenoxy) is 1. The molecular weight excluding hydrogens is 330 g/mol. The molecule has 2 unspecified atom stereocenters. The highest BCUT2D eigenvalue weighted by Crippen LogP contribution is 2.22. The van der Waals surface area contributed by atoms with Crippen molar-refractivity contribution in [1.29, 1.82) is 0 Å². The monoisotopic (exact) mass is 353 g/mol. The molecule has 0 saturated carbocycles. The first-order valence-electron chi connectivity index (χ1n) is 8.88. The molecule has 1 heterocycles. The van der Waals surface area contributed by atoms with Crippen LogP contribution in [0.15, 0.2) is 60.7 Å². The van der Waals surface area contributed by atoms with Crippen LogP contribution < -0.4 is 0 Å². The van der Waals surface area contributed by atoms with E-state index in [1.165, 1.54) is 0 Å². The minimum Gasteiger partial charge on any atom is -0.479 e. The maximum atomic E-state index is 12.9. The Morgan fingerprint density at radius 2 is 1.50 bits per heavy atom. The second kappa shape index (κ2) is 8.63. The summed E-state index contributed by atoms with van der Waals surface area (Å²) in [7, 11) is 0. The van der Waals surface area contributed by atoms with Crippen molar-refractivity contribution in [3.63, 3.8) is 0 Å². The van der Waals surface area contributed by atoms with Crippen LogP contribution >= 0.6 is 0 Å². The Bertz CT molecular complexity index is 732. The maximum absolute atomic E-state index is 12.9. The van der Waals surface area contributed by atoms with Crippen molar-refractivity contribution >= 4 is 11.9 Å². The first-order valence-corrected chi connectivity index (χ1v) is 8.88. The van der Waals surface area contributed by atoms with Crippen molar-refractivity contribution in [2.45, 2.75) is 38.0 Å². The van der Waals surface area contributed by atoms with Gasteiger partial charge in [-0.05, 0) is 30.4 Å². The minimum absolute atomic E-state index is 0.131. The van der Waals surface area contributed by atoms with E-state index in [1.807, 2.05) is 60.7 Å². The molecule has 0 spiro atoms. The molecule has 2 aromatic carbocycles. The smallest absolute Gasteiger partial charge is 0.332 e. The van der Waals surface area contributed by atoms with Crippen LogP contribution in [-0.4, -0.2) is 40.6 Å². The molecule has 0 radical (unpaired) electrons. The zero-order chi connectivity index (χ0) is 18.4. The molecule has 0 bridgehead atoms. The van der Waals surface area contributed by atoms with Crippen molar-refractivity contribution in [2.24, 2.45) is 0 Å². The first-order chi connectivity index (χ1) is 12.6. The summed E-state index contributed by atoms with van der Waals surface area (Å²) in [6.45, 7) is 1.06. The van der Waals surface area contributed by atoms with Crippen molar-refractivity contribution < 1.29 is 19.4 Å². The third kappa shape index (κ3) is 4.70. The number of carboxylic acids is 1. The average molecular weight is 353 g/mol. The number of benzene rings is 2.